The van der Waals surface area contributed by atoms with Gasteiger partial charge in [0.05, 0.1) is 33.2 Å². The first-order chi connectivity index (χ1) is 19.6. The number of hydrogen-bond donors (Lipinski definition) is 1. The lowest BCUT2D eigenvalue weighted by Crippen LogP contribution is -2.47. The summed E-state index contributed by atoms with van der Waals surface area (Å²) in [5.41, 5.74) is 8.31. The lowest BCUT2D eigenvalue weighted by molar-refractivity contribution is -0.00228. The topological polar surface area (TPSA) is 94.0 Å². The third-order valence-electron chi connectivity index (χ3n) is 7.90. The Kier molecular flexibility index (Phi) is 7.09. The second-order valence-corrected chi connectivity index (χ2v) is 10.2. The van der Waals surface area contributed by atoms with Crippen LogP contribution in [-0.2, 0) is 10.3 Å². The highest BCUT2D eigenvalue weighted by molar-refractivity contribution is 5.96. The number of aliphatic imine (C=N–C) groups is 3. The van der Waals surface area contributed by atoms with E-state index < -0.39 is 5.60 Å². The van der Waals surface area contributed by atoms with E-state index in [-0.39, 0.29) is 24.2 Å². The molecule has 8 heteroatoms. The number of ether oxygens (including phenoxy) is 3. The highest BCUT2D eigenvalue weighted by Crippen LogP contribution is 2.42. The first kappa shape index (κ1) is 25.8. The van der Waals surface area contributed by atoms with Crippen molar-refractivity contribution in [1.82, 2.24) is 4.90 Å². The van der Waals surface area contributed by atoms with Crippen LogP contribution in [0, 0.1) is 5.92 Å². The molecule has 0 fully saturated rings. The lowest BCUT2D eigenvalue weighted by atomic mass is 9.80. The van der Waals surface area contributed by atoms with Gasteiger partial charge >= 0.3 is 0 Å². The van der Waals surface area contributed by atoms with Crippen molar-refractivity contribution in [2.75, 3.05) is 20.8 Å². The molecule has 2 aliphatic heterocycles. The maximum Gasteiger partial charge on any atom is 0.154 e. The summed E-state index contributed by atoms with van der Waals surface area (Å²) in [5, 5.41) is 0. The maximum atomic E-state index is 7.10. The van der Waals surface area contributed by atoms with Gasteiger partial charge in [-0.2, -0.15) is 0 Å². The molecule has 0 radical (unpaired) electrons. The van der Waals surface area contributed by atoms with Crippen LogP contribution in [-0.4, -0.2) is 62.5 Å². The zero-order valence-corrected chi connectivity index (χ0v) is 22.6. The molecular formula is C32H33N5O3. The Labute approximate surface area is 234 Å². The van der Waals surface area contributed by atoms with Gasteiger partial charge in [0.1, 0.15) is 35.3 Å². The SMILES string of the molecule is COc1ccc(C(OC[C@H]2C=C[C@@H](N3C=NC4C(N)=NC=NC43)C2)(c2ccccc2)c2ccc(OC)cc2)cc1. The van der Waals surface area contributed by atoms with E-state index >= 15 is 0 Å². The highest BCUT2D eigenvalue weighted by Gasteiger charge is 2.41. The molecule has 0 saturated carbocycles. The number of fused-ring (bicyclic) bond motifs is 1. The monoisotopic (exact) mass is 535 g/mol. The van der Waals surface area contributed by atoms with E-state index in [0.717, 1.165) is 34.6 Å². The molecule has 0 spiro atoms. The summed E-state index contributed by atoms with van der Waals surface area (Å²) in [5.74, 6) is 2.30. The first-order valence-electron chi connectivity index (χ1n) is 13.4. The van der Waals surface area contributed by atoms with Gasteiger partial charge in [0.15, 0.2) is 6.17 Å². The molecule has 204 valence electrons. The number of hydrogen-bond acceptors (Lipinski definition) is 8. The normalized spacial score (nSPS) is 23.2. The van der Waals surface area contributed by atoms with Crippen molar-refractivity contribution in [3.8, 4) is 11.5 Å². The molecule has 3 aromatic rings. The molecule has 0 saturated heterocycles. The predicted molar refractivity (Wildman–Crippen MR) is 157 cm³/mol. The van der Waals surface area contributed by atoms with Gasteiger partial charge in [0.2, 0.25) is 0 Å². The van der Waals surface area contributed by atoms with E-state index in [2.05, 4.69) is 80.6 Å². The molecule has 0 bridgehead atoms. The second-order valence-electron chi connectivity index (χ2n) is 10.2. The standard InChI is InChI=1S/C32H33N5O3/c1-38-27-14-9-24(10-15-27)32(23-6-4-3-5-7-23,25-11-16-28(39-2)17-12-25)40-19-22-8-13-26(18-22)37-21-36-29-30(33)34-20-35-31(29)37/h3-17,20-22,26,29,31H,18-19H2,1-2H3,(H2,33,34,35)/t22-,26+,29?,31?/m0/s1. The van der Waals surface area contributed by atoms with Crippen LogP contribution >= 0.6 is 0 Å². The smallest absolute Gasteiger partial charge is 0.154 e. The van der Waals surface area contributed by atoms with Gasteiger partial charge in [-0.3, -0.25) is 4.99 Å². The number of benzene rings is 3. The number of nitrogens with two attached hydrogens (primary N) is 1. The van der Waals surface area contributed by atoms with Gasteiger partial charge in [-0.15, -0.1) is 0 Å². The fraction of sp³-hybridized carbons (Fsp3) is 0.281. The Morgan fingerprint density at radius 3 is 2.08 bits per heavy atom. The first-order valence-corrected chi connectivity index (χ1v) is 13.4. The molecule has 2 heterocycles. The van der Waals surface area contributed by atoms with Gasteiger partial charge in [-0.05, 0) is 47.4 Å². The average molecular weight is 536 g/mol. The summed E-state index contributed by atoms with van der Waals surface area (Å²) in [6.45, 7) is 0.520. The van der Waals surface area contributed by atoms with Gasteiger partial charge in [-0.1, -0.05) is 66.7 Å². The van der Waals surface area contributed by atoms with Crippen LogP contribution in [0.25, 0.3) is 0 Å². The molecule has 8 nitrogen and oxygen atoms in total. The van der Waals surface area contributed by atoms with Crippen LogP contribution in [0.3, 0.4) is 0 Å². The molecule has 2 unspecified atom stereocenters. The zero-order valence-electron chi connectivity index (χ0n) is 22.6. The minimum Gasteiger partial charge on any atom is -0.497 e. The molecule has 40 heavy (non-hydrogen) atoms. The zero-order chi connectivity index (χ0) is 27.5. The summed E-state index contributed by atoms with van der Waals surface area (Å²) in [6, 6.07) is 26.5. The third kappa shape index (κ3) is 4.64. The molecule has 0 amide bonds. The Hall–Kier alpha value is -4.43. The molecule has 1 aliphatic carbocycles. The quantitative estimate of drug-likeness (QED) is 0.324. The molecule has 2 N–H and O–H groups in total. The maximum absolute atomic E-state index is 7.10. The molecule has 3 aromatic carbocycles. The summed E-state index contributed by atoms with van der Waals surface area (Å²) in [4.78, 5) is 15.4. The van der Waals surface area contributed by atoms with Crippen LogP contribution in [0.2, 0.25) is 0 Å². The van der Waals surface area contributed by atoms with E-state index in [1.165, 1.54) is 6.34 Å². The molecule has 0 aromatic heterocycles. The number of amidine groups is 1. The molecule has 4 atom stereocenters. The van der Waals surface area contributed by atoms with Crippen LogP contribution in [0.15, 0.2) is 106 Å². The number of rotatable bonds is 9. The van der Waals surface area contributed by atoms with Crippen molar-refractivity contribution in [2.24, 2.45) is 26.6 Å². The molecule has 6 rings (SSSR count). The second kappa shape index (κ2) is 11.0. The fourth-order valence-electron chi connectivity index (χ4n) is 5.77. The van der Waals surface area contributed by atoms with Crippen molar-refractivity contribution in [1.29, 1.82) is 0 Å². The summed E-state index contributed by atoms with van der Waals surface area (Å²) in [7, 11) is 3.35. The Bertz CT molecular complexity index is 1390. The van der Waals surface area contributed by atoms with Gasteiger partial charge in [0, 0.05) is 5.92 Å². The van der Waals surface area contributed by atoms with E-state index in [1.807, 2.05) is 36.7 Å². The number of nitrogens with zero attached hydrogens (tertiary/aromatic N) is 4. The Morgan fingerprint density at radius 2 is 1.45 bits per heavy atom. The van der Waals surface area contributed by atoms with Crippen LogP contribution in [0.4, 0.5) is 0 Å². The van der Waals surface area contributed by atoms with Crippen molar-refractivity contribution < 1.29 is 14.2 Å². The van der Waals surface area contributed by atoms with Crippen molar-refractivity contribution in [3.63, 3.8) is 0 Å². The predicted octanol–water partition coefficient (Wildman–Crippen LogP) is 4.39. The fourth-order valence-corrected chi connectivity index (χ4v) is 5.77. The summed E-state index contributed by atoms with van der Waals surface area (Å²) in [6.07, 6.45) is 8.61. The molecular weight excluding hydrogens is 502 g/mol. The average Bonchev–Trinajstić information content (AvgIpc) is 3.67. The van der Waals surface area contributed by atoms with Gasteiger partial charge in [0.25, 0.3) is 0 Å². The van der Waals surface area contributed by atoms with Crippen molar-refractivity contribution in [2.45, 2.75) is 30.3 Å². The lowest BCUT2D eigenvalue weighted by Gasteiger charge is -2.37. The Morgan fingerprint density at radius 1 is 0.825 bits per heavy atom. The van der Waals surface area contributed by atoms with Gasteiger partial charge < -0.3 is 24.8 Å². The van der Waals surface area contributed by atoms with Crippen LogP contribution in [0.1, 0.15) is 23.1 Å². The highest BCUT2D eigenvalue weighted by atomic mass is 16.5. The number of methoxy groups -OCH3 is 2. The summed E-state index contributed by atoms with van der Waals surface area (Å²) >= 11 is 0. The van der Waals surface area contributed by atoms with Crippen molar-refractivity contribution in [3.05, 3.63) is 108 Å². The van der Waals surface area contributed by atoms with Crippen molar-refractivity contribution >= 4 is 18.5 Å². The van der Waals surface area contributed by atoms with Gasteiger partial charge in [-0.25, -0.2) is 9.98 Å². The minimum absolute atomic E-state index is 0.145. The largest absolute Gasteiger partial charge is 0.497 e. The van der Waals surface area contributed by atoms with E-state index in [4.69, 9.17) is 19.9 Å². The Balaban J connectivity index is 1.30. The third-order valence-corrected chi connectivity index (χ3v) is 7.90. The van der Waals surface area contributed by atoms with Crippen LogP contribution in [0.5, 0.6) is 11.5 Å². The minimum atomic E-state index is -0.843. The van der Waals surface area contributed by atoms with E-state index in [0.29, 0.717) is 12.4 Å². The summed E-state index contributed by atoms with van der Waals surface area (Å²) < 4.78 is 18.0. The molecule has 3 aliphatic rings. The van der Waals surface area contributed by atoms with E-state index in [9.17, 15) is 0 Å². The van der Waals surface area contributed by atoms with E-state index in [1.54, 1.807) is 14.2 Å². The van der Waals surface area contributed by atoms with Crippen LogP contribution < -0.4 is 15.2 Å².